The molecule has 1 unspecified atom stereocenters. The van der Waals surface area contributed by atoms with E-state index in [0.717, 1.165) is 46.3 Å². The number of nitrogens with two attached hydrogens (primary N) is 1. The van der Waals surface area contributed by atoms with Gasteiger partial charge < -0.3 is 21.1 Å². The first-order chi connectivity index (χ1) is 21.9. The smallest absolute Gasteiger partial charge is 0.435 e. The van der Waals surface area contributed by atoms with Crippen molar-refractivity contribution >= 4 is 5.69 Å². The maximum Gasteiger partial charge on any atom is 0.435 e. The van der Waals surface area contributed by atoms with Gasteiger partial charge in [0, 0.05) is 12.2 Å². The Morgan fingerprint density at radius 2 is 1.58 bits per heavy atom. The van der Waals surface area contributed by atoms with Crippen LogP contribution >= 0.6 is 0 Å². The Morgan fingerprint density at radius 1 is 0.844 bits per heavy atom. The summed E-state index contributed by atoms with van der Waals surface area (Å²) in [6.45, 7) is 1.80. The summed E-state index contributed by atoms with van der Waals surface area (Å²) in [6.07, 6.45) is -2.11. The fourth-order valence-corrected chi connectivity index (χ4v) is 5.30. The molecule has 1 saturated carbocycles. The highest BCUT2D eigenvalue weighted by molar-refractivity contribution is 5.49. The summed E-state index contributed by atoms with van der Waals surface area (Å²) in [7, 11) is 0. The summed E-state index contributed by atoms with van der Waals surface area (Å²) in [6, 6.07) is 34.3. The number of rotatable bonds is 13. The molecule has 1 aliphatic rings. The number of benzene rings is 4. The molecule has 6 nitrogen and oxygen atoms in total. The first kappa shape index (κ1) is 30.4. The number of aromatic nitrogens is 2. The van der Waals surface area contributed by atoms with Gasteiger partial charge in [-0.05, 0) is 90.0 Å². The van der Waals surface area contributed by atoms with Crippen LogP contribution in [-0.4, -0.2) is 16.3 Å². The van der Waals surface area contributed by atoms with E-state index in [1.165, 1.54) is 17.5 Å². The van der Waals surface area contributed by atoms with Gasteiger partial charge in [-0.25, -0.2) is 4.68 Å². The van der Waals surface area contributed by atoms with Crippen molar-refractivity contribution < 1.29 is 17.9 Å². The predicted octanol–water partition coefficient (Wildman–Crippen LogP) is 7.63. The number of anilines is 1. The number of ether oxygens (including phenoxy) is 1. The Hall–Kier alpha value is -4.60. The van der Waals surface area contributed by atoms with E-state index in [1.807, 2.05) is 66.7 Å². The highest BCUT2D eigenvalue weighted by atomic mass is 19.4. The van der Waals surface area contributed by atoms with Crippen LogP contribution in [0.25, 0.3) is 5.69 Å². The molecular formula is C36H36F3N5O. The van der Waals surface area contributed by atoms with Crippen molar-refractivity contribution in [1.29, 1.82) is 0 Å². The fraction of sp³-hybridized carbons (Fsp3) is 0.250. The van der Waals surface area contributed by atoms with Crippen LogP contribution in [0.1, 0.15) is 52.5 Å². The molecule has 1 aliphatic carbocycles. The summed E-state index contributed by atoms with van der Waals surface area (Å²) in [4.78, 5) is 0. The average Bonchev–Trinajstić information content (AvgIpc) is 3.78. The molecule has 1 atom stereocenters. The summed E-state index contributed by atoms with van der Waals surface area (Å²) in [5.74, 6) is 1.46. The third-order valence-corrected chi connectivity index (χ3v) is 7.91. The van der Waals surface area contributed by atoms with E-state index in [1.54, 1.807) is 18.2 Å². The largest absolute Gasteiger partial charge is 0.489 e. The molecule has 232 valence electrons. The third-order valence-electron chi connectivity index (χ3n) is 7.91. The number of nitrogens with one attached hydrogen (secondary N) is 2. The van der Waals surface area contributed by atoms with Crippen LogP contribution in [-0.2, 0) is 25.9 Å². The maximum absolute atomic E-state index is 13.7. The third kappa shape index (κ3) is 7.92. The van der Waals surface area contributed by atoms with Gasteiger partial charge in [0.1, 0.15) is 12.4 Å². The summed E-state index contributed by atoms with van der Waals surface area (Å²) < 4.78 is 48.5. The monoisotopic (exact) mass is 611 g/mol. The molecule has 1 fully saturated rings. The van der Waals surface area contributed by atoms with Crippen LogP contribution < -0.4 is 21.1 Å². The Morgan fingerprint density at radius 3 is 2.33 bits per heavy atom. The number of alkyl halides is 3. The zero-order chi connectivity index (χ0) is 31.2. The lowest BCUT2D eigenvalue weighted by Gasteiger charge is -2.22. The van der Waals surface area contributed by atoms with Crippen molar-refractivity contribution in [1.82, 2.24) is 15.1 Å². The zero-order valence-corrected chi connectivity index (χ0v) is 24.8. The van der Waals surface area contributed by atoms with E-state index >= 15 is 0 Å². The Kier molecular flexibility index (Phi) is 9.18. The standard InChI is InChI=1S/C36H36F3N5O/c37-36(38,39)34-20-32(44(43-34)31-13-4-9-27(17-31)21-40)23-41-30-12-5-10-28(18-30)35(42-22-25-15-16-25)29-11-6-14-33(19-29)45-24-26-7-2-1-3-8-26/h1-14,17-20,25,35,41-42H,15-16,21-24,40H2. The van der Waals surface area contributed by atoms with Gasteiger partial charge >= 0.3 is 6.18 Å². The van der Waals surface area contributed by atoms with Crippen LogP contribution in [0.3, 0.4) is 0 Å². The molecule has 0 radical (unpaired) electrons. The van der Waals surface area contributed by atoms with Gasteiger partial charge in [0.15, 0.2) is 5.69 Å². The Labute approximate surface area is 261 Å². The minimum Gasteiger partial charge on any atom is -0.489 e. The molecule has 4 aromatic carbocycles. The minimum absolute atomic E-state index is 0.0889. The number of halogens is 3. The van der Waals surface area contributed by atoms with Gasteiger partial charge in [-0.3, -0.25) is 0 Å². The van der Waals surface area contributed by atoms with Crippen LogP contribution in [0.5, 0.6) is 5.75 Å². The van der Waals surface area contributed by atoms with Gasteiger partial charge in [-0.1, -0.05) is 66.7 Å². The molecule has 6 rings (SSSR count). The lowest BCUT2D eigenvalue weighted by Crippen LogP contribution is -2.24. The van der Waals surface area contributed by atoms with Crippen LogP contribution in [0.4, 0.5) is 18.9 Å². The quantitative estimate of drug-likeness (QED) is 0.128. The normalized spacial score (nSPS) is 13.9. The summed E-state index contributed by atoms with van der Waals surface area (Å²) in [5, 5.41) is 11.0. The summed E-state index contributed by atoms with van der Waals surface area (Å²) in [5.41, 5.74) is 10.6. The molecular weight excluding hydrogens is 575 g/mol. The van der Waals surface area contributed by atoms with Gasteiger partial charge in [0.2, 0.25) is 0 Å². The van der Waals surface area contributed by atoms with Crippen molar-refractivity contribution in [3.63, 3.8) is 0 Å². The molecule has 0 aliphatic heterocycles. The first-order valence-electron chi connectivity index (χ1n) is 15.1. The molecule has 0 saturated heterocycles. The zero-order valence-electron chi connectivity index (χ0n) is 24.8. The van der Waals surface area contributed by atoms with Gasteiger partial charge in [-0.15, -0.1) is 0 Å². The molecule has 0 bridgehead atoms. The van der Waals surface area contributed by atoms with Crippen molar-refractivity contribution in [2.75, 3.05) is 11.9 Å². The van der Waals surface area contributed by atoms with Gasteiger partial charge in [-0.2, -0.15) is 18.3 Å². The lowest BCUT2D eigenvalue weighted by molar-refractivity contribution is -0.141. The van der Waals surface area contributed by atoms with Crippen LogP contribution in [0.2, 0.25) is 0 Å². The van der Waals surface area contributed by atoms with E-state index in [2.05, 4.69) is 33.9 Å². The maximum atomic E-state index is 13.7. The Bertz CT molecular complexity index is 1720. The molecule has 0 amide bonds. The molecule has 1 heterocycles. The second kappa shape index (κ2) is 13.6. The molecule has 4 N–H and O–H groups in total. The highest BCUT2D eigenvalue weighted by Crippen LogP contribution is 2.33. The van der Waals surface area contributed by atoms with Crippen molar-refractivity contribution in [3.8, 4) is 11.4 Å². The fourth-order valence-electron chi connectivity index (χ4n) is 5.30. The van der Waals surface area contributed by atoms with Crippen LogP contribution in [0.15, 0.2) is 109 Å². The van der Waals surface area contributed by atoms with Gasteiger partial charge in [0.25, 0.3) is 0 Å². The highest BCUT2D eigenvalue weighted by Gasteiger charge is 2.35. The minimum atomic E-state index is -4.56. The van der Waals surface area contributed by atoms with Crippen molar-refractivity contribution in [3.05, 3.63) is 143 Å². The number of nitrogens with zero attached hydrogens (tertiary/aromatic N) is 2. The number of hydrogen-bond acceptors (Lipinski definition) is 5. The van der Waals surface area contributed by atoms with E-state index < -0.39 is 11.9 Å². The lowest BCUT2D eigenvalue weighted by atomic mass is 9.97. The molecule has 5 aromatic rings. The predicted molar refractivity (Wildman–Crippen MR) is 170 cm³/mol. The number of hydrogen-bond donors (Lipinski definition) is 3. The Balaban J connectivity index is 1.23. The SMILES string of the molecule is NCc1cccc(-n2nc(C(F)(F)F)cc2CNc2cccc(C(NCC3CC3)c3cccc(OCc4ccccc4)c3)c2)c1. The summed E-state index contributed by atoms with van der Waals surface area (Å²) >= 11 is 0. The second-order valence-corrected chi connectivity index (χ2v) is 11.4. The van der Waals surface area contributed by atoms with Crippen molar-refractivity contribution in [2.45, 2.75) is 44.8 Å². The van der Waals surface area contributed by atoms with Crippen molar-refractivity contribution in [2.24, 2.45) is 11.7 Å². The van der Waals surface area contributed by atoms with Gasteiger partial charge in [0.05, 0.1) is 24.0 Å². The molecule has 45 heavy (non-hydrogen) atoms. The van der Waals surface area contributed by atoms with E-state index in [0.29, 0.717) is 23.9 Å². The van der Waals surface area contributed by atoms with E-state index in [9.17, 15) is 13.2 Å². The second-order valence-electron chi connectivity index (χ2n) is 11.4. The topological polar surface area (TPSA) is 77.1 Å². The first-order valence-corrected chi connectivity index (χ1v) is 15.1. The molecule has 0 spiro atoms. The molecule has 1 aromatic heterocycles. The molecule has 9 heteroatoms. The van der Waals surface area contributed by atoms with Crippen LogP contribution in [0, 0.1) is 5.92 Å². The van der Waals surface area contributed by atoms with E-state index in [4.69, 9.17) is 10.5 Å². The average molecular weight is 612 g/mol. The van der Waals surface area contributed by atoms with E-state index in [-0.39, 0.29) is 19.1 Å².